The standard InChI is InChI=1S/C20H25N2O/c1-14(15(2)12-17-8-10-19(23)11-9-17)6-7-16-4-3-5-18(13-16)20(21)22/h3-5,8-11,13,15,23H,6-7,12H2,1-2H3,(H3,21,22). The van der Waals surface area contributed by atoms with Gasteiger partial charge in [-0.3, -0.25) is 5.41 Å². The lowest BCUT2D eigenvalue weighted by atomic mass is 9.85. The molecular formula is C20H25N2O. The molecule has 0 aliphatic rings. The zero-order chi connectivity index (χ0) is 16.8. The van der Waals surface area contributed by atoms with Gasteiger partial charge in [-0.15, -0.1) is 0 Å². The first kappa shape index (κ1) is 17.1. The minimum Gasteiger partial charge on any atom is -0.508 e. The number of nitrogens with two attached hydrogens (primary N) is 1. The first-order valence-corrected chi connectivity index (χ1v) is 7.99. The molecule has 0 bridgehead atoms. The highest BCUT2D eigenvalue weighted by Crippen LogP contribution is 2.24. The van der Waals surface area contributed by atoms with Gasteiger partial charge in [0.25, 0.3) is 0 Å². The van der Waals surface area contributed by atoms with Crippen LogP contribution in [0.3, 0.4) is 0 Å². The van der Waals surface area contributed by atoms with E-state index in [4.69, 9.17) is 11.1 Å². The molecule has 1 atom stereocenters. The Kier molecular flexibility index (Phi) is 5.80. The molecule has 0 fully saturated rings. The van der Waals surface area contributed by atoms with Gasteiger partial charge in [0.05, 0.1) is 0 Å². The van der Waals surface area contributed by atoms with E-state index in [1.165, 1.54) is 17.0 Å². The van der Waals surface area contributed by atoms with Gasteiger partial charge in [-0.05, 0) is 60.4 Å². The fourth-order valence-electron chi connectivity index (χ4n) is 2.64. The Labute approximate surface area is 138 Å². The third-order valence-corrected chi connectivity index (χ3v) is 4.37. The maximum atomic E-state index is 9.34. The number of nitrogen functional groups attached to an aromatic ring is 1. The molecule has 2 aromatic rings. The van der Waals surface area contributed by atoms with Gasteiger partial charge in [0.2, 0.25) is 0 Å². The van der Waals surface area contributed by atoms with Crippen LogP contribution in [0.25, 0.3) is 0 Å². The number of nitrogens with one attached hydrogen (secondary N) is 1. The molecule has 0 heterocycles. The molecule has 121 valence electrons. The van der Waals surface area contributed by atoms with Gasteiger partial charge in [-0.2, -0.15) is 0 Å². The molecule has 2 rings (SSSR count). The van der Waals surface area contributed by atoms with Gasteiger partial charge in [0.1, 0.15) is 11.6 Å². The number of phenolic OH excluding ortho intramolecular Hbond substituents is 1. The van der Waals surface area contributed by atoms with Crippen LogP contribution in [0.2, 0.25) is 0 Å². The highest BCUT2D eigenvalue weighted by Gasteiger charge is 2.14. The SMILES string of the molecule is C[C](CCc1cccc(C(=N)N)c1)C(C)Cc1ccc(O)cc1. The number of phenols is 1. The summed E-state index contributed by atoms with van der Waals surface area (Å²) in [4.78, 5) is 0. The molecule has 0 aromatic heterocycles. The summed E-state index contributed by atoms with van der Waals surface area (Å²) >= 11 is 0. The zero-order valence-electron chi connectivity index (χ0n) is 13.8. The van der Waals surface area contributed by atoms with E-state index in [0.29, 0.717) is 11.7 Å². The summed E-state index contributed by atoms with van der Waals surface area (Å²) in [5.74, 6) is 2.39. The maximum absolute atomic E-state index is 9.34. The van der Waals surface area contributed by atoms with Crippen molar-refractivity contribution in [1.82, 2.24) is 0 Å². The number of rotatable bonds is 7. The van der Waals surface area contributed by atoms with Crippen molar-refractivity contribution in [3.8, 4) is 5.75 Å². The zero-order valence-corrected chi connectivity index (χ0v) is 13.8. The largest absolute Gasteiger partial charge is 0.508 e. The summed E-state index contributed by atoms with van der Waals surface area (Å²) in [5.41, 5.74) is 8.79. The number of hydrogen-bond donors (Lipinski definition) is 3. The fourth-order valence-corrected chi connectivity index (χ4v) is 2.64. The summed E-state index contributed by atoms with van der Waals surface area (Å²) < 4.78 is 0. The highest BCUT2D eigenvalue weighted by atomic mass is 16.3. The lowest BCUT2D eigenvalue weighted by molar-refractivity contribution is 0.474. The van der Waals surface area contributed by atoms with E-state index >= 15 is 0 Å². The first-order valence-electron chi connectivity index (χ1n) is 7.99. The van der Waals surface area contributed by atoms with Crippen LogP contribution in [-0.2, 0) is 12.8 Å². The molecule has 4 N–H and O–H groups in total. The van der Waals surface area contributed by atoms with Crippen LogP contribution in [0.4, 0.5) is 0 Å². The first-order chi connectivity index (χ1) is 11.0. The molecule has 1 radical (unpaired) electrons. The monoisotopic (exact) mass is 309 g/mol. The molecule has 23 heavy (non-hydrogen) atoms. The van der Waals surface area contributed by atoms with Crippen LogP contribution in [0, 0.1) is 17.2 Å². The average molecular weight is 309 g/mol. The van der Waals surface area contributed by atoms with Gasteiger partial charge in [-0.1, -0.05) is 44.2 Å². The lowest BCUT2D eigenvalue weighted by Crippen LogP contribution is -2.12. The van der Waals surface area contributed by atoms with E-state index in [1.807, 2.05) is 30.3 Å². The lowest BCUT2D eigenvalue weighted by Gasteiger charge is -2.19. The summed E-state index contributed by atoms with van der Waals surface area (Å²) in [5, 5.41) is 16.9. The normalized spacial score (nSPS) is 12.3. The molecule has 0 saturated carbocycles. The van der Waals surface area contributed by atoms with E-state index < -0.39 is 0 Å². The van der Waals surface area contributed by atoms with Crippen LogP contribution in [0.15, 0.2) is 48.5 Å². The minimum atomic E-state index is 0.119. The number of amidine groups is 1. The Hall–Kier alpha value is -2.29. The molecule has 3 nitrogen and oxygen atoms in total. The van der Waals surface area contributed by atoms with E-state index in [1.54, 1.807) is 12.1 Å². The topological polar surface area (TPSA) is 70.1 Å². The van der Waals surface area contributed by atoms with Gasteiger partial charge in [-0.25, -0.2) is 0 Å². The Balaban J connectivity index is 1.88. The van der Waals surface area contributed by atoms with Gasteiger partial charge in [0.15, 0.2) is 0 Å². The quantitative estimate of drug-likeness (QED) is 0.532. The molecular weight excluding hydrogens is 284 g/mol. The molecule has 0 amide bonds. The molecule has 1 unspecified atom stereocenters. The van der Waals surface area contributed by atoms with Crippen LogP contribution in [-0.4, -0.2) is 10.9 Å². The summed E-state index contributed by atoms with van der Waals surface area (Å²) in [6, 6.07) is 15.4. The van der Waals surface area contributed by atoms with Crippen LogP contribution in [0.1, 0.15) is 37.0 Å². The summed E-state index contributed by atoms with van der Waals surface area (Å²) in [7, 11) is 0. The van der Waals surface area contributed by atoms with Crippen molar-refractivity contribution in [3.05, 3.63) is 71.1 Å². The van der Waals surface area contributed by atoms with E-state index in [0.717, 1.165) is 24.8 Å². The molecule has 0 saturated heterocycles. The minimum absolute atomic E-state index is 0.119. The molecule has 2 aromatic carbocycles. The average Bonchev–Trinajstić information content (AvgIpc) is 2.55. The van der Waals surface area contributed by atoms with Crippen LogP contribution in [0.5, 0.6) is 5.75 Å². The van der Waals surface area contributed by atoms with Crippen molar-refractivity contribution >= 4 is 5.84 Å². The fraction of sp³-hybridized carbons (Fsp3) is 0.300. The van der Waals surface area contributed by atoms with Gasteiger partial charge in [0, 0.05) is 5.56 Å². The number of hydrogen-bond acceptors (Lipinski definition) is 2. The Morgan fingerprint density at radius 3 is 2.48 bits per heavy atom. The third-order valence-electron chi connectivity index (χ3n) is 4.37. The van der Waals surface area contributed by atoms with E-state index in [9.17, 15) is 5.11 Å². The van der Waals surface area contributed by atoms with Crippen LogP contribution >= 0.6 is 0 Å². The van der Waals surface area contributed by atoms with Crippen molar-refractivity contribution < 1.29 is 5.11 Å². The number of aromatic hydroxyl groups is 1. The van der Waals surface area contributed by atoms with E-state index in [2.05, 4.69) is 19.9 Å². The van der Waals surface area contributed by atoms with Gasteiger partial charge >= 0.3 is 0 Å². The maximum Gasteiger partial charge on any atom is 0.122 e. The van der Waals surface area contributed by atoms with E-state index in [-0.39, 0.29) is 5.84 Å². The predicted molar refractivity (Wildman–Crippen MR) is 95.7 cm³/mol. The predicted octanol–water partition coefficient (Wildman–Crippen LogP) is 4.08. The van der Waals surface area contributed by atoms with Crippen molar-refractivity contribution in [2.75, 3.05) is 0 Å². The Morgan fingerprint density at radius 2 is 1.83 bits per heavy atom. The van der Waals surface area contributed by atoms with Crippen molar-refractivity contribution in [1.29, 1.82) is 5.41 Å². The third kappa shape index (κ3) is 5.13. The molecule has 0 spiro atoms. The number of benzene rings is 2. The molecule has 0 aliphatic carbocycles. The van der Waals surface area contributed by atoms with Crippen molar-refractivity contribution in [2.45, 2.75) is 33.1 Å². The van der Waals surface area contributed by atoms with Gasteiger partial charge < -0.3 is 10.8 Å². The summed E-state index contributed by atoms with van der Waals surface area (Å²) in [6.45, 7) is 4.45. The van der Waals surface area contributed by atoms with Crippen LogP contribution < -0.4 is 5.73 Å². The second kappa shape index (κ2) is 7.82. The Morgan fingerprint density at radius 1 is 1.13 bits per heavy atom. The second-order valence-corrected chi connectivity index (χ2v) is 6.23. The number of aryl methyl sites for hydroxylation is 1. The second-order valence-electron chi connectivity index (χ2n) is 6.23. The molecule has 0 aliphatic heterocycles. The summed E-state index contributed by atoms with van der Waals surface area (Å²) in [6.07, 6.45) is 2.98. The van der Waals surface area contributed by atoms with Crippen molar-refractivity contribution in [3.63, 3.8) is 0 Å². The van der Waals surface area contributed by atoms with Crippen molar-refractivity contribution in [2.24, 2.45) is 11.7 Å². The smallest absolute Gasteiger partial charge is 0.122 e. The highest BCUT2D eigenvalue weighted by molar-refractivity contribution is 5.95. The molecule has 3 heteroatoms. The Bertz CT molecular complexity index is 649.